The predicted octanol–water partition coefficient (Wildman–Crippen LogP) is 4.21. The van der Waals surface area contributed by atoms with Crippen molar-refractivity contribution in [2.75, 3.05) is 5.32 Å². The molecule has 0 aliphatic heterocycles. The zero-order chi connectivity index (χ0) is 17.8. The number of amides is 1. The van der Waals surface area contributed by atoms with Crippen molar-refractivity contribution in [1.82, 2.24) is 9.78 Å². The molecule has 1 aromatic heterocycles. The van der Waals surface area contributed by atoms with Crippen molar-refractivity contribution >= 4 is 23.3 Å². The predicted molar refractivity (Wildman–Crippen MR) is 97.1 cm³/mol. The van der Waals surface area contributed by atoms with Crippen LogP contribution in [0.4, 0.5) is 5.82 Å². The van der Waals surface area contributed by atoms with Gasteiger partial charge in [-0.05, 0) is 42.8 Å². The highest BCUT2D eigenvalue weighted by Crippen LogP contribution is 2.20. The summed E-state index contributed by atoms with van der Waals surface area (Å²) in [6.45, 7) is 2.01. The van der Waals surface area contributed by atoms with E-state index in [9.17, 15) is 4.79 Å². The molecule has 1 N–H and O–H groups in total. The number of rotatable bonds is 4. The van der Waals surface area contributed by atoms with Gasteiger partial charge < -0.3 is 5.32 Å². The highest BCUT2D eigenvalue weighted by Gasteiger charge is 2.13. The lowest BCUT2D eigenvalue weighted by Gasteiger charge is -2.06. The Balaban J connectivity index is 1.88. The van der Waals surface area contributed by atoms with Gasteiger partial charge in [-0.3, -0.25) is 4.79 Å². The van der Waals surface area contributed by atoms with Crippen LogP contribution in [-0.4, -0.2) is 15.7 Å². The SMILES string of the molecule is CCc1cc(NC(=O)c2cccc(C#N)c2)nn1-c1cccc(Cl)c1. The number of aryl methyl sites for hydroxylation is 1. The van der Waals surface area contributed by atoms with E-state index in [4.69, 9.17) is 16.9 Å². The molecule has 0 bridgehead atoms. The first-order valence-corrected chi connectivity index (χ1v) is 8.15. The third-order valence-corrected chi connectivity index (χ3v) is 3.93. The molecule has 1 heterocycles. The molecule has 124 valence electrons. The van der Waals surface area contributed by atoms with Crippen LogP contribution in [0.5, 0.6) is 0 Å². The average Bonchev–Trinajstić information content (AvgIpc) is 3.04. The number of halogens is 1. The summed E-state index contributed by atoms with van der Waals surface area (Å²) >= 11 is 6.05. The minimum absolute atomic E-state index is 0.310. The van der Waals surface area contributed by atoms with Crippen LogP contribution in [0, 0.1) is 11.3 Å². The Labute approximate surface area is 150 Å². The summed E-state index contributed by atoms with van der Waals surface area (Å²) in [5.74, 6) is 0.139. The van der Waals surface area contributed by atoms with Crippen molar-refractivity contribution in [3.8, 4) is 11.8 Å². The van der Waals surface area contributed by atoms with E-state index in [2.05, 4.69) is 10.4 Å². The topological polar surface area (TPSA) is 70.7 Å². The quantitative estimate of drug-likeness (QED) is 0.766. The zero-order valence-electron chi connectivity index (χ0n) is 13.5. The summed E-state index contributed by atoms with van der Waals surface area (Å²) in [5, 5.41) is 16.8. The summed E-state index contributed by atoms with van der Waals surface area (Å²) < 4.78 is 1.76. The van der Waals surface area contributed by atoms with Gasteiger partial charge in [-0.1, -0.05) is 30.7 Å². The van der Waals surface area contributed by atoms with Crippen LogP contribution in [0.1, 0.15) is 28.5 Å². The van der Waals surface area contributed by atoms with Crippen molar-refractivity contribution in [3.63, 3.8) is 0 Å². The van der Waals surface area contributed by atoms with Gasteiger partial charge in [0.15, 0.2) is 5.82 Å². The lowest BCUT2D eigenvalue weighted by Crippen LogP contribution is -2.12. The fourth-order valence-corrected chi connectivity index (χ4v) is 2.67. The van der Waals surface area contributed by atoms with Gasteiger partial charge in [0, 0.05) is 22.3 Å². The Morgan fingerprint density at radius 1 is 1.24 bits per heavy atom. The van der Waals surface area contributed by atoms with Crippen molar-refractivity contribution in [2.24, 2.45) is 0 Å². The molecule has 3 aromatic rings. The summed E-state index contributed by atoms with van der Waals surface area (Å²) in [4.78, 5) is 12.4. The standard InChI is InChI=1S/C19H15ClN4O/c1-2-16-11-18(23-24(16)17-8-4-7-15(20)10-17)22-19(25)14-6-3-5-13(9-14)12-21/h3-11H,2H2,1H3,(H,22,23,25). The normalized spacial score (nSPS) is 10.3. The van der Waals surface area contributed by atoms with Crippen molar-refractivity contribution < 1.29 is 4.79 Å². The Bertz CT molecular complexity index is 972. The van der Waals surface area contributed by atoms with E-state index >= 15 is 0 Å². The van der Waals surface area contributed by atoms with Crippen LogP contribution in [0.2, 0.25) is 5.02 Å². The number of hydrogen-bond acceptors (Lipinski definition) is 3. The summed E-state index contributed by atoms with van der Waals surface area (Å²) in [5.41, 5.74) is 2.63. The molecule has 0 radical (unpaired) electrons. The summed E-state index contributed by atoms with van der Waals surface area (Å²) in [6, 6.07) is 17.7. The van der Waals surface area contributed by atoms with Gasteiger partial charge in [-0.25, -0.2) is 4.68 Å². The Morgan fingerprint density at radius 2 is 2.04 bits per heavy atom. The maximum Gasteiger partial charge on any atom is 0.256 e. The molecule has 6 heteroatoms. The molecule has 2 aromatic carbocycles. The number of hydrogen-bond donors (Lipinski definition) is 1. The molecule has 0 aliphatic carbocycles. The third-order valence-electron chi connectivity index (χ3n) is 3.69. The van der Waals surface area contributed by atoms with E-state index < -0.39 is 0 Å². The van der Waals surface area contributed by atoms with Gasteiger partial charge in [0.1, 0.15) is 0 Å². The number of carbonyl (C=O) groups is 1. The molecule has 1 amide bonds. The molecule has 5 nitrogen and oxygen atoms in total. The van der Waals surface area contributed by atoms with E-state index in [-0.39, 0.29) is 5.91 Å². The molecule has 0 unspecified atom stereocenters. The molecular formula is C19H15ClN4O. The molecule has 0 saturated heterocycles. The minimum Gasteiger partial charge on any atom is -0.305 e. The molecule has 0 spiro atoms. The second-order valence-electron chi connectivity index (χ2n) is 5.41. The number of anilines is 1. The first-order chi connectivity index (χ1) is 12.1. The second kappa shape index (κ2) is 7.20. The van der Waals surface area contributed by atoms with E-state index in [0.29, 0.717) is 22.0 Å². The third kappa shape index (κ3) is 3.70. The van der Waals surface area contributed by atoms with Crippen LogP contribution >= 0.6 is 11.6 Å². The first-order valence-electron chi connectivity index (χ1n) is 7.77. The van der Waals surface area contributed by atoms with Crippen LogP contribution < -0.4 is 5.32 Å². The van der Waals surface area contributed by atoms with E-state index in [1.54, 1.807) is 35.0 Å². The van der Waals surface area contributed by atoms with Crippen LogP contribution in [0.3, 0.4) is 0 Å². The van der Waals surface area contributed by atoms with E-state index in [1.807, 2.05) is 37.3 Å². The molecule has 0 atom stereocenters. The fraction of sp³-hybridized carbons (Fsp3) is 0.105. The monoisotopic (exact) mass is 350 g/mol. The second-order valence-corrected chi connectivity index (χ2v) is 5.85. The van der Waals surface area contributed by atoms with Crippen molar-refractivity contribution in [2.45, 2.75) is 13.3 Å². The maximum absolute atomic E-state index is 12.4. The van der Waals surface area contributed by atoms with Gasteiger partial charge in [0.2, 0.25) is 0 Å². The fourth-order valence-electron chi connectivity index (χ4n) is 2.48. The van der Waals surface area contributed by atoms with Gasteiger partial charge >= 0.3 is 0 Å². The van der Waals surface area contributed by atoms with Gasteiger partial charge in [-0.15, -0.1) is 5.10 Å². The van der Waals surface area contributed by atoms with E-state index in [0.717, 1.165) is 17.8 Å². The lowest BCUT2D eigenvalue weighted by molar-refractivity contribution is 0.102. The number of benzene rings is 2. The number of carbonyl (C=O) groups excluding carboxylic acids is 1. The van der Waals surface area contributed by atoms with Crippen molar-refractivity contribution in [1.29, 1.82) is 5.26 Å². The van der Waals surface area contributed by atoms with Crippen LogP contribution in [0.15, 0.2) is 54.6 Å². The largest absolute Gasteiger partial charge is 0.305 e. The molecular weight excluding hydrogens is 336 g/mol. The van der Waals surface area contributed by atoms with Crippen LogP contribution in [-0.2, 0) is 6.42 Å². The zero-order valence-corrected chi connectivity index (χ0v) is 14.3. The first kappa shape index (κ1) is 16.7. The maximum atomic E-state index is 12.4. The molecule has 3 rings (SSSR count). The van der Waals surface area contributed by atoms with E-state index in [1.165, 1.54) is 0 Å². The number of aromatic nitrogens is 2. The highest BCUT2D eigenvalue weighted by molar-refractivity contribution is 6.30. The highest BCUT2D eigenvalue weighted by atomic mass is 35.5. The van der Waals surface area contributed by atoms with Crippen LogP contribution in [0.25, 0.3) is 5.69 Å². The van der Waals surface area contributed by atoms with Gasteiger partial charge in [0.25, 0.3) is 5.91 Å². The van der Waals surface area contributed by atoms with Crippen molar-refractivity contribution in [3.05, 3.63) is 76.4 Å². The van der Waals surface area contributed by atoms with Gasteiger partial charge in [0.05, 0.1) is 17.3 Å². The minimum atomic E-state index is -0.310. The summed E-state index contributed by atoms with van der Waals surface area (Å²) in [6.07, 6.45) is 0.749. The Kier molecular flexibility index (Phi) is 4.82. The Hall–Kier alpha value is -3.10. The smallest absolute Gasteiger partial charge is 0.256 e. The lowest BCUT2D eigenvalue weighted by atomic mass is 10.1. The summed E-state index contributed by atoms with van der Waals surface area (Å²) in [7, 11) is 0. The average molecular weight is 351 g/mol. The molecule has 25 heavy (non-hydrogen) atoms. The number of nitrogens with one attached hydrogen (secondary N) is 1. The Morgan fingerprint density at radius 3 is 2.76 bits per heavy atom. The molecule has 0 aliphatic rings. The molecule has 0 saturated carbocycles. The molecule has 0 fully saturated rings. The van der Waals surface area contributed by atoms with Gasteiger partial charge in [-0.2, -0.15) is 5.26 Å². The number of nitriles is 1. The number of nitrogens with zero attached hydrogens (tertiary/aromatic N) is 3.